The number of rotatable bonds is 3. The molecule has 1 heterocycles. The Morgan fingerprint density at radius 3 is 2.86 bits per heavy atom. The van der Waals surface area contributed by atoms with Crippen molar-refractivity contribution < 1.29 is 9.53 Å². The molecule has 0 aromatic heterocycles. The zero-order valence-corrected chi connectivity index (χ0v) is 13.2. The van der Waals surface area contributed by atoms with Crippen LogP contribution in [-0.2, 0) is 0 Å². The first-order valence-corrected chi connectivity index (χ1v) is 7.50. The van der Waals surface area contributed by atoms with Crippen molar-refractivity contribution >= 4 is 27.5 Å². The van der Waals surface area contributed by atoms with Crippen molar-refractivity contribution in [3.8, 4) is 18.1 Å². The molecule has 110 valence electrons. The van der Waals surface area contributed by atoms with Gasteiger partial charge in [0.05, 0.1) is 5.56 Å². The molecule has 2 N–H and O–H groups in total. The standard InChI is InChI=1S/C17H13BrN2O2/c1-2-9-22-15-8-7-11(18)10-13(15)16-19-14-6-4-3-5-12(14)17(21)20-16/h1,3-8,10,16,19H,9H2,(H,20,21). The highest BCUT2D eigenvalue weighted by atomic mass is 79.9. The minimum Gasteiger partial charge on any atom is -0.481 e. The van der Waals surface area contributed by atoms with E-state index in [1.54, 1.807) is 6.07 Å². The van der Waals surface area contributed by atoms with Crippen molar-refractivity contribution in [2.45, 2.75) is 6.17 Å². The molecule has 0 aliphatic carbocycles. The summed E-state index contributed by atoms with van der Waals surface area (Å²) in [7, 11) is 0. The lowest BCUT2D eigenvalue weighted by atomic mass is 10.1. The van der Waals surface area contributed by atoms with Gasteiger partial charge in [0, 0.05) is 15.7 Å². The molecule has 5 heteroatoms. The Bertz CT molecular complexity index is 767. The van der Waals surface area contributed by atoms with Gasteiger partial charge in [0.1, 0.15) is 18.5 Å². The number of anilines is 1. The second-order valence-corrected chi connectivity index (χ2v) is 5.69. The number of ether oxygens (including phenoxy) is 1. The van der Waals surface area contributed by atoms with Crippen LogP contribution in [-0.4, -0.2) is 12.5 Å². The van der Waals surface area contributed by atoms with Gasteiger partial charge in [-0.05, 0) is 30.3 Å². The van der Waals surface area contributed by atoms with Crippen molar-refractivity contribution in [1.82, 2.24) is 5.32 Å². The number of para-hydroxylation sites is 1. The van der Waals surface area contributed by atoms with E-state index in [-0.39, 0.29) is 18.7 Å². The van der Waals surface area contributed by atoms with E-state index in [1.807, 2.05) is 36.4 Å². The predicted octanol–water partition coefficient (Wildman–Crippen LogP) is 3.32. The van der Waals surface area contributed by atoms with Crippen LogP contribution in [0.3, 0.4) is 0 Å². The van der Waals surface area contributed by atoms with Crippen LogP contribution in [0.2, 0.25) is 0 Å². The van der Waals surface area contributed by atoms with Gasteiger partial charge < -0.3 is 15.4 Å². The molecule has 1 atom stereocenters. The molecule has 1 aliphatic rings. The Morgan fingerprint density at radius 2 is 2.05 bits per heavy atom. The molecule has 1 aliphatic heterocycles. The quantitative estimate of drug-likeness (QED) is 0.829. The van der Waals surface area contributed by atoms with Gasteiger partial charge in [-0.15, -0.1) is 6.42 Å². The van der Waals surface area contributed by atoms with Gasteiger partial charge in [-0.3, -0.25) is 4.79 Å². The summed E-state index contributed by atoms with van der Waals surface area (Å²) in [6.45, 7) is 0.173. The van der Waals surface area contributed by atoms with Crippen molar-refractivity contribution in [3.63, 3.8) is 0 Å². The van der Waals surface area contributed by atoms with Gasteiger partial charge in [-0.1, -0.05) is 34.0 Å². The number of hydrogen-bond donors (Lipinski definition) is 2. The lowest BCUT2D eigenvalue weighted by Crippen LogP contribution is -2.38. The normalized spacial score (nSPS) is 16.0. The zero-order valence-electron chi connectivity index (χ0n) is 11.6. The fourth-order valence-corrected chi connectivity index (χ4v) is 2.74. The number of fused-ring (bicyclic) bond motifs is 1. The summed E-state index contributed by atoms with van der Waals surface area (Å²) >= 11 is 3.44. The SMILES string of the molecule is C#CCOc1ccc(Br)cc1C1NC(=O)c2ccccc2N1. The van der Waals surface area contributed by atoms with E-state index in [1.165, 1.54) is 0 Å². The number of carbonyl (C=O) groups is 1. The molecule has 1 amide bonds. The molecule has 0 radical (unpaired) electrons. The summed E-state index contributed by atoms with van der Waals surface area (Å²) in [4.78, 5) is 12.2. The van der Waals surface area contributed by atoms with Crippen LogP contribution in [0.25, 0.3) is 0 Å². The van der Waals surface area contributed by atoms with Gasteiger partial charge in [0.15, 0.2) is 0 Å². The van der Waals surface area contributed by atoms with Crippen LogP contribution < -0.4 is 15.4 Å². The van der Waals surface area contributed by atoms with E-state index in [0.29, 0.717) is 11.3 Å². The van der Waals surface area contributed by atoms with Crippen LogP contribution >= 0.6 is 15.9 Å². The zero-order chi connectivity index (χ0) is 15.5. The van der Waals surface area contributed by atoms with E-state index < -0.39 is 0 Å². The maximum Gasteiger partial charge on any atom is 0.255 e. The largest absolute Gasteiger partial charge is 0.481 e. The summed E-state index contributed by atoms with van der Waals surface area (Å²) in [6.07, 6.45) is 4.87. The number of nitrogens with one attached hydrogen (secondary N) is 2. The number of carbonyl (C=O) groups excluding carboxylic acids is 1. The van der Waals surface area contributed by atoms with Crippen LogP contribution in [0.5, 0.6) is 5.75 Å². The summed E-state index contributed by atoms with van der Waals surface area (Å²) in [6, 6.07) is 13.0. The number of amides is 1. The van der Waals surface area contributed by atoms with E-state index in [9.17, 15) is 4.79 Å². The topological polar surface area (TPSA) is 50.4 Å². The number of halogens is 1. The fourth-order valence-electron chi connectivity index (χ4n) is 2.36. The van der Waals surface area contributed by atoms with Crippen LogP contribution in [0.4, 0.5) is 5.69 Å². The molecule has 0 fully saturated rings. The summed E-state index contributed by atoms with van der Waals surface area (Å²) in [5.74, 6) is 2.96. The molecular formula is C17H13BrN2O2. The molecule has 0 bridgehead atoms. The van der Waals surface area contributed by atoms with Crippen LogP contribution in [0.1, 0.15) is 22.1 Å². The average Bonchev–Trinajstić information content (AvgIpc) is 2.53. The Hall–Kier alpha value is -2.45. The van der Waals surface area contributed by atoms with Crippen LogP contribution in [0, 0.1) is 12.3 Å². The van der Waals surface area contributed by atoms with Gasteiger partial charge >= 0.3 is 0 Å². The number of hydrogen-bond acceptors (Lipinski definition) is 3. The first kappa shape index (κ1) is 14.5. The highest BCUT2D eigenvalue weighted by Gasteiger charge is 2.26. The first-order chi connectivity index (χ1) is 10.7. The third-order valence-electron chi connectivity index (χ3n) is 3.34. The highest BCUT2D eigenvalue weighted by Crippen LogP contribution is 2.33. The molecule has 2 aromatic carbocycles. The molecule has 4 nitrogen and oxygen atoms in total. The molecule has 1 unspecified atom stereocenters. The molecular weight excluding hydrogens is 344 g/mol. The maximum absolute atomic E-state index is 12.2. The second-order valence-electron chi connectivity index (χ2n) is 4.77. The van der Waals surface area contributed by atoms with Crippen molar-refractivity contribution in [2.24, 2.45) is 0 Å². The Balaban J connectivity index is 1.97. The van der Waals surface area contributed by atoms with Gasteiger partial charge in [0.25, 0.3) is 5.91 Å². The monoisotopic (exact) mass is 356 g/mol. The van der Waals surface area contributed by atoms with Crippen molar-refractivity contribution in [3.05, 3.63) is 58.1 Å². The van der Waals surface area contributed by atoms with Gasteiger partial charge in [-0.25, -0.2) is 0 Å². The molecule has 3 rings (SSSR count). The van der Waals surface area contributed by atoms with Crippen LogP contribution in [0.15, 0.2) is 46.9 Å². The molecule has 2 aromatic rings. The minimum absolute atomic E-state index is 0.123. The van der Waals surface area contributed by atoms with Crippen molar-refractivity contribution in [2.75, 3.05) is 11.9 Å². The first-order valence-electron chi connectivity index (χ1n) is 6.71. The molecule has 0 saturated carbocycles. The predicted molar refractivity (Wildman–Crippen MR) is 88.7 cm³/mol. The van der Waals surface area contributed by atoms with Gasteiger partial charge in [0.2, 0.25) is 0 Å². The summed E-state index contributed by atoms with van der Waals surface area (Å²) < 4.78 is 6.46. The van der Waals surface area contributed by atoms with Gasteiger partial charge in [-0.2, -0.15) is 0 Å². The Morgan fingerprint density at radius 1 is 1.23 bits per heavy atom. The number of benzene rings is 2. The average molecular weight is 357 g/mol. The minimum atomic E-state index is -0.382. The Labute approximate surface area is 137 Å². The smallest absolute Gasteiger partial charge is 0.255 e. The molecule has 22 heavy (non-hydrogen) atoms. The molecule has 0 spiro atoms. The Kier molecular flexibility index (Phi) is 4.03. The fraction of sp³-hybridized carbons (Fsp3) is 0.118. The van der Waals surface area contributed by atoms with E-state index in [0.717, 1.165) is 15.7 Å². The maximum atomic E-state index is 12.2. The lowest BCUT2D eigenvalue weighted by molar-refractivity contribution is 0.0935. The second kappa shape index (κ2) is 6.12. The molecule has 0 saturated heterocycles. The van der Waals surface area contributed by atoms with Crippen molar-refractivity contribution in [1.29, 1.82) is 0 Å². The highest BCUT2D eigenvalue weighted by molar-refractivity contribution is 9.10. The lowest BCUT2D eigenvalue weighted by Gasteiger charge is -2.29. The van der Waals surface area contributed by atoms with E-state index >= 15 is 0 Å². The third kappa shape index (κ3) is 2.78. The summed E-state index contributed by atoms with van der Waals surface area (Å²) in [5.41, 5.74) is 2.23. The number of terminal acetylenes is 1. The summed E-state index contributed by atoms with van der Waals surface area (Å²) in [5, 5.41) is 6.23. The third-order valence-corrected chi connectivity index (χ3v) is 3.83. The van der Waals surface area contributed by atoms with E-state index in [4.69, 9.17) is 11.2 Å². The van der Waals surface area contributed by atoms with E-state index in [2.05, 4.69) is 32.5 Å².